The van der Waals surface area contributed by atoms with Gasteiger partial charge >= 0.3 is 0 Å². The molecule has 0 spiro atoms. The van der Waals surface area contributed by atoms with Crippen LogP contribution in [0.15, 0.2) is 6.20 Å². The van der Waals surface area contributed by atoms with Gasteiger partial charge in [0.25, 0.3) is 0 Å². The lowest BCUT2D eigenvalue weighted by molar-refractivity contribution is -0.122. The summed E-state index contributed by atoms with van der Waals surface area (Å²) < 4.78 is 1.61. The number of aromatic nitrogens is 2. The summed E-state index contributed by atoms with van der Waals surface area (Å²) in [5.41, 5.74) is 6.57. The Morgan fingerprint density at radius 2 is 2.11 bits per heavy atom. The van der Waals surface area contributed by atoms with E-state index in [1.54, 1.807) is 4.68 Å². The normalized spacial score (nSPS) is 17.4. The lowest BCUT2D eigenvalue weighted by atomic mass is 10.1. The average Bonchev–Trinajstić information content (AvgIpc) is 2.55. The summed E-state index contributed by atoms with van der Waals surface area (Å²) >= 11 is 0. The van der Waals surface area contributed by atoms with Crippen LogP contribution < -0.4 is 11.1 Å². The topological polar surface area (TPSA) is 72.9 Å². The van der Waals surface area contributed by atoms with Crippen LogP contribution in [-0.2, 0) is 11.3 Å². The van der Waals surface area contributed by atoms with Crippen molar-refractivity contribution in [3.63, 3.8) is 0 Å². The second-order valence-electron chi connectivity index (χ2n) is 5.15. The van der Waals surface area contributed by atoms with Gasteiger partial charge in [0, 0.05) is 17.8 Å². The first kappa shape index (κ1) is 12.9. The third-order valence-corrected chi connectivity index (χ3v) is 3.51. The van der Waals surface area contributed by atoms with Crippen LogP contribution in [0.3, 0.4) is 0 Å². The molecule has 2 rings (SSSR count). The first-order valence-electron chi connectivity index (χ1n) is 6.74. The van der Waals surface area contributed by atoms with Crippen molar-refractivity contribution in [2.24, 2.45) is 0 Å². The van der Waals surface area contributed by atoms with E-state index in [4.69, 9.17) is 5.73 Å². The number of nitrogens with zero attached hydrogens (tertiary/aromatic N) is 2. The Bertz CT molecular complexity index is 386. The number of amides is 1. The number of anilines is 1. The zero-order valence-corrected chi connectivity index (χ0v) is 11.0. The molecule has 0 radical (unpaired) electrons. The summed E-state index contributed by atoms with van der Waals surface area (Å²) in [6.07, 6.45) is 9.04. The lowest BCUT2D eigenvalue weighted by Gasteiger charge is -2.16. The summed E-state index contributed by atoms with van der Waals surface area (Å²) in [6, 6.07) is 0.342. The minimum absolute atomic E-state index is 0.0319. The number of nitrogen functional groups attached to an aromatic ring is 1. The quantitative estimate of drug-likeness (QED) is 0.800. The van der Waals surface area contributed by atoms with Gasteiger partial charge in [-0.2, -0.15) is 5.10 Å². The third-order valence-electron chi connectivity index (χ3n) is 3.51. The molecular weight excluding hydrogens is 228 g/mol. The SMILES string of the molecule is Cc1cn(CC(=O)NC2CCCCCC2)nc1N. The molecular formula is C13H22N4O. The predicted molar refractivity (Wildman–Crippen MR) is 71.0 cm³/mol. The van der Waals surface area contributed by atoms with E-state index in [2.05, 4.69) is 10.4 Å². The minimum Gasteiger partial charge on any atom is -0.382 e. The average molecular weight is 250 g/mol. The van der Waals surface area contributed by atoms with E-state index in [0.29, 0.717) is 11.9 Å². The third kappa shape index (κ3) is 3.48. The molecule has 5 nitrogen and oxygen atoms in total. The molecule has 1 aliphatic rings. The van der Waals surface area contributed by atoms with Crippen LogP contribution >= 0.6 is 0 Å². The van der Waals surface area contributed by atoms with E-state index in [0.717, 1.165) is 18.4 Å². The Labute approximate surface area is 108 Å². The van der Waals surface area contributed by atoms with Gasteiger partial charge in [-0.05, 0) is 19.8 Å². The first-order valence-corrected chi connectivity index (χ1v) is 6.74. The highest BCUT2D eigenvalue weighted by Gasteiger charge is 2.15. The summed E-state index contributed by atoms with van der Waals surface area (Å²) in [6.45, 7) is 2.15. The van der Waals surface area contributed by atoms with Gasteiger partial charge in [0.2, 0.25) is 5.91 Å². The molecule has 0 bridgehead atoms. The van der Waals surface area contributed by atoms with E-state index in [1.165, 1.54) is 25.7 Å². The number of rotatable bonds is 3. The molecule has 1 aliphatic carbocycles. The van der Waals surface area contributed by atoms with E-state index in [-0.39, 0.29) is 12.5 Å². The van der Waals surface area contributed by atoms with Crippen molar-refractivity contribution < 1.29 is 4.79 Å². The maximum absolute atomic E-state index is 11.9. The largest absolute Gasteiger partial charge is 0.382 e. The highest BCUT2D eigenvalue weighted by Crippen LogP contribution is 2.17. The van der Waals surface area contributed by atoms with Crippen molar-refractivity contribution in [1.29, 1.82) is 0 Å². The van der Waals surface area contributed by atoms with Crippen LogP contribution in [0.4, 0.5) is 5.82 Å². The van der Waals surface area contributed by atoms with Crippen molar-refractivity contribution in [3.8, 4) is 0 Å². The number of carbonyl (C=O) groups is 1. The second-order valence-corrected chi connectivity index (χ2v) is 5.15. The first-order chi connectivity index (χ1) is 8.65. The molecule has 0 aromatic carbocycles. The van der Waals surface area contributed by atoms with E-state index >= 15 is 0 Å². The molecule has 0 aliphatic heterocycles. The summed E-state index contributed by atoms with van der Waals surface area (Å²) in [5.74, 6) is 0.529. The highest BCUT2D eigenvalue weighted by molar-refractivity contribution is 5.76. The number of hydrogen-bond acceptors (Lipinski definition) is 3. The van der Waals surface area contributed by atoms with Gasteiger partial charge in [-0.1, -0.05) is 25.7 Å². The molecule has 100 valence electrons. The second kappa shape index (κ2) is 5.89. The molecule has 1 aromatic heterocycles. The van der Waals surface area contributed by atoms with Gasteiger partial charge in [0.15, 0.2) is 0 Å². The monoisotopic (exact) mass is 250 g/mol. The molecule has 18 heavy (non-hydrogen) atoms. The van der Waals surface area contributed by atoms with Crippen molar-refractivity contribution in [2.45, 2.75) is 58.0 Å². The fourth-order valence-corrected chi connectivity index (χ4v) is 2.46. The zero-order valence-electron chi connectivity index (χ0n) is 11.0. The Morgan fingerprint density at radius 1 is 1.44 bits per heavy atom. The molecule has 3 N–H and O–H groups in total. The molecule has 1 heterocycles. The fraction of sp³-hybridized carbons (Fsp3) is 0.692. The number of aryl methyl sites for hydroxylation is 1. The van der Waals surface area contributed by atoms with Gasteiger partial charge in [0.05, 0.1) is 0 Å². The van der Waals surface area contributed by atoms with Crippen LogP contribution in [0, 0.1) is 6.92 Å². The lowest BCUT2D eigenvalue weighted by Crippen LogP contribution is -2.36. The minimum atomic E-state index is 0.0319. The van der Waals surface area contributed by atoms with Gasteiger partial charge < -0.3 is 11.1 Å². The van der Waals surface area contributed by atoms with Gasteiger partial charge in [-0.15, -0.1) is 0 Å². The van der Waals surface area contributed by atoms with E-state index in [9.17, 15) is 4.79 Å². The van der Waals surface area contributed by atoms with Crippen LogP contribution in [0.25, 0.3) is 0 Å². The molecule has 1 aromatic rings. The van der Waals surface area contributed by atoms with Crippen molar-refractivity contribution in [2.75, 3.05) is 5.73 Å². The Balaban J connectivity index is 1.84. The van der Waals surface area contributed by atoms with Crippen LogP contribution in [0.2, 0.25) is 0 Å². The molecule has 0 atom stereocenters. The molecule has 1 fully saturated rings. The molecule has 0 unspecified atom stereocenters. The fourth-order valence-electron chi connectivity index (χ4n) is 2.46. The number of carbonyl (C=O) groups excluding carboxylic acids is 1. The van der Waals surface area contributed by atoms with Gasteiger partial charge in [-0.25, -0.2) is 0 Å². The van der Waals surface area contributed by atoms with Crippen molar-refractivity contribution in [3.05, 3.63) is 11.8 Å². The van der Waals surface area contributed by atoms with Crippen LogP contribution in [0.5, 0.6) is 0 Å². The smallest absolute Gasteiger partial charge is 0.241 e. The van der Waals surface area contributed by atoms with E-state index < -0.39 is 0 Å². The molecule has 5 heteroatoms. The van der Waals surface area contributed by atoms with Crippen LogP contribution in [0.1, 0.15) is 44.1 Å². The standard InChI is InChI=1S/C13H22N4O/c1-10-8-17(16-13(10)14)9-12(18)15-11-6-4-2-3-5-7-11/h8,11H,2-7,9H2,1H3,(H2,14,16)(H,15,18). The zero-order chi connectivity index (χ0) is 13.0. The number of hydrogen-bond donors (Lipinski definition) is 2. The summed E-state index contributed by atoms with van der Waals surface area (Å²) in [5, 5.41) is 7.19. The molecule has 1 saturated carbocycles. The Morgan fingerprint density at radius 3 is 2.67 bits per heavy atom. The van der Waals surface area contributed by atoms with Crippen molar-refractivity contribution >= 4 is 11.7 Å². The van der Waals surface area contributed by atoms with Gasteiger partial charge in [-0.3, -0.25) is 9.48 Å². The molecule has 1 amide bonds. The summed E-state index contributed by atoms with van der Waals surface area (Å²) in [4.78, 5) is 11.9. The van der Waals surface area contributed by atoms with Crippen LogP contribution in [-0.4, -0.2) is 21.7 Å². The highest BCUT2D eigenvalue weighted by atomic mass is 16.2. The number of nitrogens with two attached hydrogens (primary N) is 1. The Kier molecular flexibility index (Phi) is 4.23. The summed E-state index contributed by atoms with van der Waals surface area (Å²) in [7, 11) is 0. The number of nitrogens with one attached hydrogen (secondary N) is 1. The van der Waals surface area contributed by atoms with E-state index in [1.807, 2.05) is 13.1 Å². The molecule has 0 saturated heterocycles. The van der Waals surface area contributed by atoms with Gasteiger partial charge in [0.1, 0.15) is 12.4 Å². The maximum atomic E-state index is 11.9. The Hall–Kier alpha value is -1.52. The maximum Gasteiger partial charge on any atom is 0.241 e. The predicted octanol–water partition coefficient (Wildman–Crippen LogP) is 1.61. The van der Waals surface area contributed by atoms with Crippen molar-refractivity contribution in [1.82, 2.24) is 15.1 Å².